The molecule has 2 N–H and O–H groups in total. The molecule has 8 rings (SSSR count). The van der Waals surface area contributed by atoms with Crippen LogP contribution in [0.25, 0.3) is 33.0 Å². The summed E-state index contributed by atoms with van der Waals surface area (Å²) in [6.45, 7) is 5.77. The molecule has 0 fully saturated rings. The molecule has 0 aliphatic carbocycles. The van der Waals surface area contributed by atoms with Crippen molar-refractivity contribution in [3.8, 4) is 0 Å². The Morgan fingerprint density at radius 3 is 0.770 bits per heavy atom. The molecule has 0 unspecified atom stereocenters. The predicted molar refractivity (Wildman–Crippen MR) is 317 cm³/mol. The Hall–Kier alpha value is -2.79. The van der Waals surface area contributed by atoms with Crippen molar-refractivity contribution in [2.75, 3.05) is 13.1 Å². The number of halogens is 2. The third-order valence-electron chi connectivity index (χ3n) is 11.8. The zero-order valence-electron chi connectivity index (χ0n) is 44.9. The summed E-state index contributed by atoms with van der Waals surface area (Å²) in [4.78, 5) is 0. The Bertz CT molecular complexity index is 1990. The van der Waals surface area contributed by atoms with Crippen LogP contribution in [0.1, 0.15) is 142 Å². The van der Waals surface area contributed by atoms with Gasteiger partial charge in [0, 0.05) is 51.7 Å². The molecule has 4 radical (unpaired) electrons. The Labute approximate surface area is 506 Å². The summed E-state index contributed by atoms with van der Waals surface area (Å²) in [5.74, 6) is 0. The van der Waals surface area contributed by atoms with E-state index in [4.69, 9.17) is 11.5 Å². The predicted octanol–water partition coefficient (Wildman–Crippen LogP) is 11.7. The average Bonchev–Trinajstić information content (AvgIpc) is 4.11. The first-order valence-corrected chi connectivity index (χ1v) is 28.9. The van der Waals surface area contributed by atoms with E-state index in [1.165, 1.54) is 158 Å². The van der Waals surface area contributed by atoms with Gasteiger partial charge in [0.1, 0.15) is 19.0 Å². The largest absolute Gasteiger partial charge is 1.00 e. The van der Waals surface area contributed by atoms with Crippen LogP contribution in [0.4, 0.5) is 0 Å². The zero-order chi connectivity index (χ0) is 49.6. The van der Waals surface area contributed by atoms with E-state index in [1.54, 1.807) is 0 Å². The number of hydrogen-bond acceptors (Lipinski definition) is 0. The van der Waals surface area contributed by atoms with Crippen LogP contribution in [0.3, 0.4) is 0 Å². The van der Waals surface area contributed by atoms with Gasteiger partial charge in [0.2, 0.25) is 0 Å². The van der Waals surface area contributed by atoms with Gasteiger partial charge in [-0.3, -0.25) is 0 Å². The first kappa shape index (κ1) is 73.3. The van der Waals surface area contributed by atoms with Gasteiger partial charge in [-0.2, -0.15) is 48.1 Å². The Kier molecular flexibility index (Phi) is 53.1. The van der Waals surface area contributed by atoms with Gasteiger partial charge in [0.05, 0.1) is 0 Å². The summed E-state index contributed by atoms with van der Waals surface area (Å²) in [7, 11) is 1.55. The molecule has 0 amide bonds. The Morgan fingerprint density at radius 2 is 0.527 bits per heavy atom. The monoisotopic (exact) mass is 1390 g/mol. The molecule has 0 atom stereocenters. The van der Waals surface area contributed by atoms with E-state index < -0.39 is 0 Å². The maximum Gasteiger partial charge on any atom is 0.121 e. The fourth-order valence-corrected chi connectivity index (χ4v) is 9.89. The summed E-state index contributed by atoms with van der Waals surface area (Å²) >= 11 is 0. The second-order valence-electron chi connectivity index (χ2n) is 17.9. The van der Waals surface area contributed by atoms with Crippen LogP contribution in [0.2, 0.25) is 0 Å². The summed E-state index contributed by atoms with van der Waals surface area (Å²) in [5.41, 5.74) is 14.0. The van der Waals surface area contributed by atoms with Crippen LogP contribution >= 0.6 is 0 Å². The van der Waals surface area contributed by atoms with Crippen molar-refractivity contribution in [1.82, 2.24) is 0 Å². The number of benzene rings is 6. The zero-order valence-corrected chi connectivity index (χ0v) is 55.6. The third-order valence-corrected chi connectivity index (χ3v) is 14.3. The number of unbranched alkanes of at least 4 members (excludes halogenated alkanes) is 18. The van der Waals surface area contributed by atoms with Crippen molar-refractivity contribution in [2.24, 2.45) is 0 Å². The molecule has 396 valence electrons. The minimum absolute atomic E-state index is 0. The van der Waals surface area contributed by atoms with E-state index in [1.807, 2.05) is 0 Å². The van der Waals surface area contributed by atoms with Crippen LogP contribution < -0.4 is 45.6 Å². The number of fused-ring (bicyclic) bond motifs is 2. The van der Waals surface area contributed by atoms with Crippen LogP contribution in [-0.4, -0.2) is 32.1 Å². The van der Waals surface area contributed by atoms with E-state index in [-0.39, 0.29) is 76.5 Å². The van der Waals surface area contributed by atoms with Gasteiger partial charge in [-0.05, 0) is 0 Å². The minimum atomic E-state index is 0. The molecule has 0 aliphatic rings. The van der Waals surface area contributed by atoms with Crippen molar-refractivity contribution in [3.63, 3.8) is 0 Å². The molecule has 0 aromatic heterocycles. The van der Waals surface area contributed by atoms with Crippen LogP contribution in [-0.2, 0) is 51.7 Å². The molecule has 0 saturated carbocycles. The summed E-state index contributed by atoms with van der Waals surface area (Å²) < 4.78 is 0. The van der Waals surface area contributed by atoms with Gasteiger partial charge in [-0.25, -0.2) is 0 Å². The van der Waals surface area contributed by atoms with Crippen LogP contribution in [0.5, 0.6) is 0 Å². The van der Waals surface area contributed by atoms with E-state index in [0.29, 0.717) is 13.1 Å². The van der Waals surface area contributed by atoms with Crippen molar-refractivity contribution >= 4 is 61.3 Å². The summed E-state index contributed by atoms with van der Waals surface area (Å²) in [6.07, 6.45) is 27.2. The van der Waals surface area contributed by atoms with Crippen molar-refractivity contribution in [1.29, 1.82) is 0 Å². The summed E-state index contributed by atoms with van der Waals surface area (Å²) in [6, 6.07) is 71.6. The first-order valence-electron chi connectivity index (χ1n) is 26.9. The van der Waals surface area contributed by atoms with Gasteiger partial charge in [0.15, 0.2) is 0 Å². The van der Waals surface area contributed by atoms with Crippen LogP contribution in [0, 0.1) is 0 Å². The molecule has 0 spiro atoms. The topological polar surface area (TPSA) is 47.6 Å². The number of nitrogens with one attached hydrogen (secondary N) is 2. The molecule has 0 aliphatic heterocycles. The van der Waals surface area contributed by atoms with Crippen molar-refractivity contribution in [2.45, 2.75) is 142 Å². The van der Waals surface area contributed by atoms with Crippen LogP contribution in [0.15, 0.2) is 206 Å². The number of hydrogen-bond donors (Lipinski definition) is 0. The molecule has 8 aromatic carbocycles. The molecule has 0 heterocycles. The normalized spacial score (nSPS) is 9.68. The minimum Gasteiger partial charge on any atom is -1.00 e. The first-order chi connectivity index (χ1) is 34.7. The molecule has 0 bridgehead atoms. The average molecular weight is 1390 g/mol. The molecule has 8 heteroatoms. The molecular formula is C66H86Cl2Hf2N2Si2-6. The molecule has 0 saturated heterocycles. The third kappa shape index (κ3) is 38.7. The quantitative estimate of drug-likeness (QED) is 0.0329. The number of rotatable bonds is 24. The maximum absolute atomic E-state index is 7.00. The molecular weight excluding hydrogens is 1300 g/mol. The van der Waals surface area contributed by atoms with Gasteiger partial charge in [-0.15, -0.1) is 59.3 Å². The summed E-state index contributed by atoms with van der Waals surface area (Å²) in [5, 5.41) is 10.9. The Morgan fingerprint density at radius 1 is 0.297 bits per heavy atom. The fourth-order valence-electron chi connectivity index (χ4n) is 7.78. The van der Waals surface area contributed by atoms with Gasteiger partial charge < -0.3 is 36.3 Å². The SMILES string of the molecule is CCCCCCCCCCCC[NH-].CCCCCCCCCCCC[NH-].[Cl-].[Cl-].[Hf].[Hf].c1ccc([Si]c2ccccc2)cc1.c1ccc([Si]c2ccccc2)cc1.c1ccc2[cH-]ccc2c1.c1ccc2[cH-]ccc2c1. The van der Waals surface area contributed by atoms with Gasteiger partial charge >= 0.3 is 0 Å². The van der Waals surface area contributed by atoms with Gasteiger partial charge in [-0.1, -0.05) is 296 Å². The molecule has 8 aromatic rings. The van der Waals surface area contributed by atoms with E-state index >= 15 is 0 Å². The second kappa shape index (κ2) is 53.6. The standard InChI is InChI=1S/2C12H26N.2C12H10Si.2C9H7.2ClH.2Hf/c2*1-2-3-4-5-6-7-8-9-10-11-12-13;2*1-3-7-11(8-4-1)13-12-9-5-2-6-10-12;2*1-2-5-9-7-3-6-8(9)4-1;;;;/h2*13H,2-12H2,1H3;2*1-10H;2*1-7H;2*1H;;/q2*-1;;;2*-1;;;;/p-2. The van der Waals surface area contributed by atoms with Gasteiger partial charge in [0.25, 0.3) is 0 Å². The second-order valence-corrected chi connectivity index (χ2v) is 20.7. The Balaban J connectivity index is 0. The van der Waals surface area contributed by atoms with Crippen molar-refractivity contribution < 1.29 is 76.5 Å². The maximum atomic E-state index is 7.00. The smallest absolute Gasteiger partial charge is 0.121 e. The van der Waals surface area contributed by atoms with E-state index in [9.17, 15) is 0 Å². The van der Waals surface area contributed by atoms with E-state index in [2.05, 4.69) is 220 Å². The molecule has 2 nitrogen and oxygen atoms in total. The fraction of sp³-hybridized carbons (Fsp3) is 0.364. The molecule has 74 heavy (non-hydrogen) atoms. The van der Waals surface area contributed by atoms with Crippen molar-refractivity contribution in [3.05, 3.63) is 218 Å². The van der Waals surface area contributed by atoms with E-state index in [0.717, 1.165) is 31.9 Å².